The number of hydrogen-bond acceptors (Lipinski definition) is 8. The van der Waals surface area contributed by atoms with Gasteiger partial charge in [0.2, 0.25) is 0 Å². The molecule has 1 atom stereocenters. The van der Waals surface area contributed by atoms with E-state index in [1.54, 1.807) is 23.1 Å². The standard InChI is InChI=1S/C20H21N5O5S/c1-31(27,28)17-10-21-20-22-12-23-25(20)18(17)14-3-2-6-24(11-14)19(26)13-4-5-15-16(9-13)30-8-7-29-15/h4-5,9-10,12,14H,2-3,6-8,11H2,1H3. The summed E-state index contributed by atoms with van der Waals surface area (Å²) in [5.41, 5.74) is 1.03. The predicted octanol–water partition coefficient (Wildman–Crippen LogP) is 1.32. The van der Waals surface area contributed by atoms with Crippen LogP contribution in [0.5, 0.6) is 11.5 Å². The first kappa shape index (κ1) is 19.7. The van der Waals surface area contributed by atoms with Crippen LogP contribution in [0.3, 0.4) is 0 Å². The number of hydrogen-bond donors (Lipinski definition) is 0. The number of sulfone groups is 1. The lowest BCUT2D eigenvalue weighted by Gasteiger charge is -2.33. The van der Waals surface area contributed by atoms with Crippen LogP contribution in [0.4, 0.5) is 0 Å². The van der Waals surface area contributed by atoms with Crippen LogP contribution in [0.2, 0.25) is 0 Å². The molecule has 0 N–H and O–H groups in total. The van der Waals surface area contributed by atoms with E-state index in [2.05, 4.69) is 15.1 Å². The zero-order valence-electron chi connectivity index (χ0n) is 16.9. The Kier molecular flexibility index (Phi) is 4.77. The molecule has 1 amide bonds. The van der Waals surface area contributed by atoms with Crippen LogP contribution in [-0.4, -0.2) is 71.4 Å². The second kappa shape index (κ2) is 7.49. The van der Waals surface area contributed by atoms with Gasteiger partial charge in [0, 0.05) is 30.8 Å². The highest BCUT2D eigenvalue weighted by atomic mass is 32.2. The molecule has 31 heavy (non-hydrogen) atoms. The highest BCUT2D eigenvalue weighted by Gasteiger charge is 2.32. The minimum absolute atomic E-state index is 0.115. The van der Waals surface area contributed by atoms with Crippen molar-refractivity contribution < 1.29 is 22.7 Å². The molecule has 10 nitrogen and oxygen atoms in total. The van der Waals surface area contributed by atoms with E-state index in [-0.39, 0.29) is 16.7 Å². The number of aromatic nitrogens is 4. The van der Waals surface area contributed by atoms with Gasteiger partial charge in [0.15, 0.2) is 21.3 Å². The number of fused-ring (bicyclic) bond motifs is 2. The highest BCUT2D eigenvalue weighted by molar-refractivity contribution is 7.90. The van der Waals surface area contributed by atoms with Crippen molar-refractivity contribution in [2.75, 3.05) is 32.6 Å². The third kappa shape index (κ3) is 3.58. The van der Waals surface area contributed by atoms with Gasteiger partial charge in [-0.15, -0.1) is 0 Å². The lowest BCUT2D eigenvalue weighted by molar-refractivity contribution is 0.0703. The number of carbonyl (C=O) groups excluding carboxylic acids is 1. The van der Waals surface area contributed by atoms with Crippen LogP contribution < -0.4 is 9.47 Å². The second-order valence-corrected chi connectivity index (χ2v) is 9.68. The average Bonchev–Trinajstić information content (AvgIpc) is 3.26. The fraction of sp³-hybridized carbons (Fsp3) is 0.400. The molecule has 1 aromatic carbocycles. The lowest BCUT2D eigenvalue weighted by atomic mass is 9.94. The summed E-state index contributed by atoms with van der Waals surface area (Å²) < 4.78 is 37.5. The Morgan fingerprint density at radius 1 is 1.16 bits per heavy atom. The highest BCUT2D eigenvalue weighted by Crippen LogP contribution is 2.34. The molecule has 2 aromatic heterocycles. The molecule has 1 unspecified atom stereocenters. The number of likely N-dealkylation sites (tertiary alicyclic amines) is 1. The summed E-state index contributed by atoms with van der Waals surface area (Å²) in [6, 6.07) is 5.17. The predicted molar refractivity (Wildman–Crippen MR) is 109 cm³/mol. The number of carbonyl (C=O) groups is 1. The van der Waals surface area contributed by atoms with E-state index in [0.717, 1.165) is 19.1 Å². The van der Waals surface area contributed by atoms with Gasteiger partial charge in [-0.3, -0.25) is 4.79 Å². The van der Waals surface area contributed by atoms with Crippen molar-refractivity contribution in [1.29, 1.82) is 0 Å². The summed E-state index contributed by atoms with van der Waals surface area (Å²) in [7, 11) is -3.54. The Bertz CT molecular complexity index is 1270. The molecule has 162 valence electrons. The van der Waals surface area contributed by atoms with E-state index in [1.165, 1.54) is 17.0 Å². The molecule has 2 aliphatic rings. The van der Waals surface area contributed by atoms with Crippen molar-refractivity contribution in [2.45, 2.75) is 23.7 Å². The van der Waals surface area contributed by atoms with Gasteiger partial charge in [0.25, 0.3) is 11.7 Å². The van der Waals surface area contributed by atoms with Crippen LogP contribution in [-0.2, 0) is 9.84 Å². The maximum absolute atomic E-state index is 13.2. The van der Waals surface area contributed by atoms with Crippen LogP contribution >= 0.6 is 0 Å². The van der Waals surface area contributed by atoms with Crippen LogP contribution in [0.25, 0.3) is 5.78 Å². The lowest BCUT2D eigenvalue weighted by Crippen LogP contribution is -2.40. The van der Waals surface area contributed by atoms with E-state index < -0.39 is 9.84 Å². The number of amides is 1. The number of benzene rings is 1. The van der Waals surface area contributed by atoms with Crippen LogP contribution in [0.1, 0.15) is 34.8 Å². The zero-order chi connectivity index (χ0) is 21.6. The average molecular weight is 443 g/mol. The van der Waals surface area contributed by atoms with Crippen molar-refractivity contribution in [2.24, 2.45) is 0 Å². The third-order valence-corrected chi connectivity index (χ3v) is 6.71. The van der Waals surface area contributed by atoms with Crippen molar-refractivity contribution in [3.8, 4) is 11.5 Å². The Balaban J connectivity index is 1.48. The molecule has 0 aliphatic carbocycles. The van der Waals surface area contributed by atoms with Crippen LogP contribution in [0.15, 0.2) is 35.6 Å². The SMILES string of the molecule is CS(=O)(=O)c1cnc2ncnn2c1C1CCCN(C(=O)c2ccc3c(c2)OCCO3)C1. The number of nitrogens with zero attached hydrogens (tertiary/aromatic N) is 5. The van der Waals surface area contributed by atoms with Gasteiger partial charge in [-0.05, 0) is 31.0 Å². The summed E-state index contributed by atoms with van der Waals surface area (Å²) >= 11 is 0. The molecule has 4 heterocycles. The van der Waals surface area contributed by atoms with E-state index in [9.17, 15) is 13.2 Å². The molecule has 5 rings (SSSR count). The first-order chi connectivity index (χ1) is 14.9. The molecule has 0 bridgehead atoms. The fourth-order valence-electron chi connectivity index (χ4n) is 4.18. The summed E-state index contributed by atoms with van der Waals surface area (Å²) in [6.07, 6.45) is 5.29. The van der Waals surface area contributed by atoms with Crippen molar-refractivity contribution in [1.82, 2.24) is 24.5 Å². The van der Waals surface area contributed by atoms with Gasteiger partial charge in [-0.1, -0.05) is 0 Å². The fourth-order valence-corrected chi connectivity index (χ4v) is 5.06. The van der Waals surface area contributed by atoms with E-state index in [0.29, 0.717) is 54.8 Å². The molecular weight excluding hydrogens is 422 g/mol. The molecule has 1 fully saturated rings. The molecule has 0 saturated carbocycles. The van der Waals surface area contributed by atoms with Gasteiger partial charge in [0.1, 0.15) is 24.4 Å². The molecule has 0 spiro atoms. The molecule has 0 radical (unpaired) electrons. The quantitative estimate of drug-likeness (QED) is 0.595. The minimum Gasteiger partial charge on any atom is -0.486 e. The first-order valence-corrected chi connectivity index (χ1v) is 11.9. The summed E-state index contributed by atoms with van der Waals surface area (Å²) in [5.74, 6) is 1.17. The maximum Gasteiger partial charge on any atom is 0.254 e. The van der Waals surface area contributed by atoms with Crippen LogP contribution in [0, 0.1) is 0 Å². The Morgan fingerprint density at radius 2 is 1.97 bits per heavy atom. The van der Waals surface area contributed by atoms with Crippen molar-refractivity contribution in [3.05, 3.63) is 42.0 Å². The summed E-state index contributed by atoms with van der Waals surface area (Å²) in [6.45, 7) is 1.89. The number of piperidine rings is 1. The Hall–Kier alpha value is -3.21. The smallest absolute Gasteiger partial charge is 0.254 e. The largest absolute Gasteiger partial charge is 0.486 e. The van der Waals surface area contributed by atoms with Crippen molar-refractivity contribution in [3.63, 3.8) is 0 Å². The molecule has 3 aromatic rings. The van der Waals surface area contributed by atoms with Gasteiger partial charge >= 0.3 is 0 Å². The van der Waals surface area contributed by atoms with Gasteiger partial charge in [0.05, 0.1) is 11.9 Å². The normalized spacial score (nSPS) is 18.9. The molecule has 1 saturated heterocycles. The Morgan fingerprint density at radius 3 is 2.77 bits per heavy atom. The topological polar surface area (TPSA) is 116 Å². The molecular formula is C20H21N5O5S. The summed E-state index contributed by atoms with van der Waals surface area (Å²) in [4.78, 5) is 23.3. The third-order valence-electron chi connectivity index (χ3n) is 5.59. The number of rotatable bonds is 3. The van der Waals surface area contributed by atoms with E-state index in [4.69, 9.17) is 9.47 Å². The van der Waals surface area contributed by atoms with Crippen molar-refractivity contribution >= 4 is 21.5 Å². The van der Waals surface area contributed by atoms with E-state index in [1.807, 2.05) is 0 Å². The summed E-state index contributed by atoms with van der Waals surface area (Å²) in [5, 5.41) is 4.19. The molecule has 11 heteroatoms. The minimum atomic E-state index is -3.54. The van der Waals surface area contributed by atoms with Gasteiger partial charge in [-0.25, -0.2) is 13.4 Å². The maximum atomic E-state index is 13.2. The van der Waals surface area contributed by atoms with E-state index >= 15 is 0 Å². The Labute approximate surface area is 178 Å². The second-order valence-electron chi connectivity index (χ2n) is 7.70. The van der Waals surface area contributed by atoms with Gasteiger partial charge in [-0.2, -0.15) is 14.6 Å². The zero-order valence-corrected chi connectivity index (χ0v) is 17.7. The number of ether oxygens (including phenoxy) is 2. The molecule has 2 aliphatic heterocycles. The van der Waals surface area contributed by atoms with Gasteiger partial charge < -0.3 is 14.4 Å². The monoisotopic (exact) mass is 443 g/mol. The first-order valence-electron chi connectivity index (χ1n) is 9.99.